The number of aromatic nitrogens is 8. The second kappa shape index (κ2) is 24.3. The molecule has 8 nitrogen and oxygen atoms in total. The third-order valence-corrected chi connectivity index (χ3v) is 22.8. The van der Waals surface area contributed by atoms with Gasteiger partial charge in [0.25, 0.3) is 0 Å². The van der Waals surface area contributed by atoms with E-state index in [1.165, 1.54) is 130 Å². The van der Waals surface area contributed by atoms with Gasteiger partial charge in [0.1, 0.15) is 0 Å². The van der Waals surface area contributed by atoms with Gasteiger partial charge < -0.3 is 9.13 Å². The van der Waals surface area contributed by atoms with E-state index in [2.05, 4.69) is 394 Å². The summed E-state index contributed by atoms with van der Waals surface area (Å²) in [6, 6.07) is 135. The highest BCUT2D eigenvalue weighted by Gasteiger charge is 2.24. The average molecular weight is 1400 g/mol. The third kappa shape index (κ3) is 9.46. The number of hydrogen-bond donors (Lipinski definition) is 0. The second-order valence-electron chi connectivity index (χ2n) is 28.8. The van der Waals surface area contributed by atoms with Crippen LogP contribution >= 0.6 is 0 Å². The molecule has 510 valence electrons. The molecule has 6 heterocycles. The molecule has 0 amide bonds. The van der Waals surface area contributed by atoms with E-state index in [1.807, 2.05) is 0 Å². The minimum Gasteiger partial charge on any atom is -0.309 e. The Morgan fingerprint density at radius 1 is 0.164 bits per heavy atom. The van der Waals surface area contributed by atoms with E-state index in [-0.39, 0.29) is 0 Å². The number of hydrogen-bond acceptors (Lipinski definition) is 4. The lowest BCUT2D eigenvalue weighted by Gasteiger charge is -2.13. The Bertz CT molecular complexity index is 7980. The molecular formula is C102H62N8. The van der Waals surface area contributed by atoms with Crippen molar-refractivity contribution < 1.29 is 0 Å². The molecule has 0 aliphatic heterocycles. The van der Waals surface area contributed by atoms with Gasteiger partial charge in [-0.05, 0) is 156 Å². The molecule has 0 radical (unpaired) electrons. The highest BCUT2D eigenvalue weighted by Crippen LogP contribution is 2.45. The van der Waals surface area contributed by atoms with Crippen molar-refractivity contribution in [3.63, 3.8) is 0 Å². The maximum absolute atomic E-state index is 5.40. The SMILES string of the molecule is c1ccc(-c2ccc(-c3nc(-n4c5ccccc5c5c6cc(-n7c8ccccc8c8c9ccccc9ccc87)ccc6ccc54)nc4ccccc34)cc2)cc1.c1ccc2cc(-c3nc(-n4c5ccccc5c5c6cc(-n7c8ccccc8c8c9ccccc9ccc87)ccc6ccc54)nc4ccccc34)ccc2c1. The predicted molar refractivity (Wildman–Crippen MR) is 460 cm³/mol. The van der Waals surface area contributed by atoms with Crippen LogP contribution in [0, 0.1) is 0 Å². The van der Waals surface area contributed by atoms with Gasteiger partial charge in [0.05, 0.1) is 66.6 Å². The molecule has 6 aromatic heterocycles. The first-order valence-corrected chi connectivity index (χ1v) is 37.5. The van der Waals surface area contributed by atoms with Crippen LogP contribution in [0.5, 0.6) is 0 Å². The van der Waals surface area contributed by atoms with Crippen molar-refractivity contribution >= 4 is 163 Å². The first-order valence-electron chi connectivity index (χ1n) is 37.5. The first kappa shape index (κ1) is 61.4. The summed E-state index contributed by atoms with van der Waals surface area (Å²) in [5.41, 5.74) is 19.5. The van der Waals surface area contributed by atoms with Crippen LogP contribution in [0.25, 0.3) is 220 Å². The molecule has 0 saturated heterocycles. The van der Waals surface area contributed by atoms with Gasteiger partial charge >= 0.3 is 0 Å². The highest BCUT2D eigenvalue weighted by molar-refractivity contribution is 6.26. The lowest BCUT2D eigenvalue weighted by molar-refractivity contribution is 1.01. The summed E-state index contributed by atoms with van der Waals surface area (Å²) in [6.45, 7) is 0. The van der Waals surface area contributed by atoms with Gasteiger partial charge in [-0.1, -0.05) is 285 Å². The normalized spacial score (nSPS) is 12.0. The third-order valence-electron chi connectivity index (χ3n) is 22.8. The Kier molecular flexibility index (Phi) is 13.6. The maximum Gasteiger partial charge on any atom is 0.235 e. The molecule has 0 aliphatic rings. The van der Waals surface area contributed by atoms with E-state index < -0.39 is 0 Å². The lowest BCUT2D eigenvalue weighted by atomic mass is 10.0. The van der Waals surface area contributed by atoms with Gasteiger partial charge in [-0.3, -0.25) is 9.13 Å². The Morgan fingerprint density at radius 3 is 0.945 bits per heavy atom. The molecule has 18 aromatic carbocycles. The average Bonchev–Trinajstić information content (AvgIpc) is 1.76. The summed E-state index contributed by atoms with van der Waals surface area (Å²) < 4.78 is 9.35. The molecule has 0 N–H and O–H groups in total. The smallest absolute Gasteiger partial charge is 0.235 e. The fourth-order valence-corrected chi connectivity index (χ4v) is 17.9. The van der Waals surface area contributed by atoms with Crippen molar-refractivity contribution in [2.75, 3.05) is 0 Å². The zero-order chi connectivity index (χ0) is 72.1. The molecule has 0 atom stereocenters. The molecule has 0 bridgehead atoms. The number of benzene rings is 18. The number of para-hydroxylation sites is 6. The fourth-order valence-electron chi connectivity index (χ4n) is 17.9. The van der Waals surface area contributed by atoms with Crippen LogP contribution in [0.2, 0.25) is 0 Å². The van der Waals surface area contributed by atoms with Crippen molar-refractivity contribution in [2.45, 2.75) is 0 Å². The van der Waals surface area contributed by atoms with Crippen LogP contribution in [0.1, 0.15) is 0 Å². The molecule has 0 saturated carbocycles. The molecular weight excluding hydrogens is 1340 g/mol. The minimum atomic E-state index is 0.654. The minimum absolute atomic E-state index is 0.654. The van der Waals surface area contributed by atoms with E-state index in [0.29, 0.717) is 11.9 Å². The van der Waals surface area contributed by atoms with E-state index in [0.717, 1.165) is 77.8 Å². The lowest BCUT2D eigenvalue weighted by Crippen LogP contribution is -2.03. The van der Waals surface area contributed by atoms with Gasteiger partial charge in [-0.25, -0.2) is 19.9 Å². The molecule has 24 rings (SSSR count). The van der Waals surface area contributed by atoms with Gasteiger partial charge in [0, 0.05) is 76.4 Å². The summed E-state index contributed by atoms with van der Waals surface area (Å²) in [7, 11) is 0. The van der Waals surface area contributed by atoms with E-state index in [9.17, 15) is 0 Å². The highest BCUT2D eigenvalue weighted by atomic mass is 15.2. The summed E-state index contributed by atoms with van der Waals surface area (Å²) >= 11 is 0. The van der Waals surface area contributed by atoms with Crippen LogP contribution in [0.3, 0.4) is 0 Å². The Hall–Kier alpha value is -14.9. The summed E-state index contributed by atoms with van der Waals surface area (Å²) in [6.07, 6.45) is 0. The van der Waals surface area contributed by atoms with E-state index >= 15 is 0 Å². The Balaban J connectivity index is 0.000000132. The van der Waals surface area contributed by atoms with Gasteiger partial charge in [-0.2, -0.15) is 0 Å². The number of rotatable bonds is 7. The zero-order valence-electron chi connectivity index (χ0n) is 59.4. The Labute approximate surface area is 630 Å². The van der Waals surface area contributed by atoms with Crippen LogP contribution in [-0.4, -0.2) is 38.2 Å². The van der Waals surface area contributed by atoms with Crippen molar-refractivity contribution in [2.24, 2.45) is 0 Å². The molecule has 8 heteroatoms. The van der Waals surface area contributed by atoms with Crippen molar-refractivity contribution in [1.29, 1.82) is 0 Å². The van der Waals surface area contributed by atoms with Gasteiger partial charge in [0.2, 0.25) is 11.9 Å². The topological polar surface area (TPSA) is 71.3 Å². The van der Waals surface area contributed by atoms with Gasteiger partial charge in [0.15, 0.2) is 0 Å². The quantitative estimate of drug-likeness (QED) is 0.159. The van der Waals surface area contributed by atoms with Crippen molar-refractivity contribution in [1.82, 2.24) is 38.2 Å². The van der Waals surface area contributed by atoms with Gasteiger partial charge in [-0.15, -0.1) is 0 Å². The maximum atomic E-state index is 5.40. The summed E-state index contributed by atoms with van der Waals surface area (Å²) in [4.78, 5) is 21.3. The standard InChI is InChI=1S/C52H32N4.C50H30N4/c1-2-12-33(13-3-1)34-22-24-37(25-23-34)51-40-16-6-9-19-44(40)53-52(54-51)56-46-21-11-8-18-42(46)50-43-32-38(29-26-36(43)28-31-48(50)56)55-45-20-10-7-17-41(45)49-39-15-5-4-14-35(39)27-30-47(49)55;1-2-13-34-29-35(22-21-31(34)11-1)49-38-15-5-8-18-42(38)51-50(52-49)54-44-20-10-7-17-40(44)48-41-30-36(26-23-33(41)25-28-46(48)54)53-43-19-9-6-16-39(43)47-37-14-4-3-12-32(37)24-27-45(47)53/h1-32H;1-30H. The molecule has 0 aliphatic carbocycles. The summed E-state index contributed by atoms with van der Waals surface area (Å²) in [5.74, 6) is 1.31. The molecule has 110 heavy (non-hydrogen) atoms. The molecule has 0 unspecified atom stereocenters. The zero-order valence-corrected chi connectivity index (χ0v) is 59.4. The Morgan fingerprint density at radius 2 is 0.473 bits per heavy atom. The molecule has 0 fully saturated rings. The largest absolute Gasteiger partial charge is 0.309 e. The molecule has 0 spiro atoms. The van der Waals surface area contributed by atoms with Crippen LogP contribution in [0.15, 0.2) is 376 Å². The van der Waals surface area contributed by atoms with Crippen LogP contribution < -0.4 is 0 Å². The van der Waals surface area contributed by atoms with Crippen molar-refractivity contribution in [3.05, 3.63) is 376 Å². The first-order chi connectivity index (χ1) is 54.6. The van der Waals surface area contributed by atoms with E-state index in [1.54, 1.807) is 0 Å². The molecule has 24 aromatic rings. The van der Waals surface area contributed by atoms with Crippen LogP contribution in [-0.2, 0) is 0 Å². The summed E-state index contributed by atoms with van der Waals surface area (Å²) in [5, 5.41) is 24.1. The van der Waals surface area contributed by atoms with E-state index in [4.69, 9.17) is 19.9 Å². The number of nitrogens with zero attached hydrogens (tertiary/aromatic N) is 8. The second-order valence-corrected chi connectivity index (χ2v) is 28.8. The monoisotopic (exact) mass is 1400 g/mol. The van der Waals surface area contributed by atoms with Crippen LogP contribution in [0.4, 0.5) is 0 Å². The van der Waals surface area contributed by atoms with Crippen molar-refractivity contribution in [3.8, 4) is 56.9 Å². The fraction of sp³-hybridized carbons (Fsp3) is 0. The number of fused-ring (bicyclic) bond motifs is 23. The predicted octanol–water partition coefficient (Wildman–Crippen LogP) is 26.4.